The summed E-state index contributed by atoms with van der Waals surface area (Å²) in [5.41, 5.74) is 2.13. The topological polar surface area (TPSA) is 53.1 Å². The standard InChI is InChI=1S/C18H27N3O3/c1-5-24-18(23)21-12-10-20(11-13-21)17(22)16(19(3)4)15-9-7-6-8-14(15)2/h6-9,16H,5,10-13H2,1-4H3/t16-/m1/s1. The van der Waals surface area contributed by atoms with Crippen LogP contribution in [0.25, 0.3) is 0 Å². The molecule has 1 saturated heterocycles. The van der Waals surface area contributed by atoms with E-state index in [1.807, 2.05) is 55.1 Å². The third-order valence-electron chi connectivity index (χ3n) is 4.35. The molecule has 0 radical (unpaired) electrons. The molecule has 0 saturated carbocycles. The van der Waals surface area contributed by atoms with Crippen LogP contribution in [0, 0.1) is 6.92 Å². The lowest BCUT2D eigenvalue weighted by Crippen LogP contribution is -2.53. The minimum atomic E-state index is -0.305. The predicted octanol–water partition coefficient (Wildman–Crippen LogP) is 1.90. The summed E-state index contributed by atoms with van der Waals surface area (Å²) in [7, 11) is 3.84. The van der Waals surface area contributed by atoms with Crippen LogP contribution in [0.4, 0.5) is 4.79 Å². The van der Waals surface area contributed by atoms with Crippen LogP contribution in [0.2, 0.25) is 0 Å². The molecule has 6 nitrogen and oxygen atoms in total. The Morgan fingerprint density at radius 2 is 1.71 bits per heavy atom. The van der Waals surface area contributed by atoms with Gasteiger partial charge in [-0.25, -0.2) is 4.79 Å². The molecule has 0 bridgehead atoms. The van der Waals surface area contributed by atoms with Crippen molar-refractivity contribution in [2.75, 3.05) is 46.9 Å². The molecular formula is C18H27N3O3. The highest BCUT2D eigenvalue weighted by atomic mass is 16.6. The van der Waals surface area contributed by atoms with Gasteiger partial charge in [-0.1, -0.05) is 24.3 Å². The second-order valence-electron chi connectivity index (χ2n) is 6.23. The van der Waals surface area contributed by atoms with Crippen molar-refractivity contribution >= 4 is 12.0 Å². The average Bonchev–Trinajstić information content (AvgIpc) is 2.57. The van der Waals surface area contributed by atoms with Gasteiger partial charge >= 0.3 is 6.09 Å². The van der Waals surface area contributed by atoms with E-state index in [4.69, 9.17) is 4.74 Å². The maximum Gasteiger partial charge on any atom is 0.409 e. The average molecular weight is 333 g/mol. The van der Waals surface area contributed by atoms with Crippen molar-refractivity contribution in [2.24, 2.45) is 0 Å². The number of carbonyl (C=O) groups excluding carboxylic acids is 2. The third-order valence-corrected chi connectivity index (χ3v) is 4.35. The molecule has 1 aliphatic rings. The Morgan fingerprint density at radius 3 is 2.25 bits per heavy atom. The molecule has 1 aromatic carbocycles. The summed E-state index contributed by atoms with van der Waals surface area (Å²) in [6.45, 7) is 6.28. The number of amides is 2. The Labute approximate surface area is 144 Å². The van der Waals surface area contributed by atoms with Gasteiger partial charge in [0.15, 0.2) is 0 Å². The number of ether oxygens (including phenoxy) is 1. The predicted molar refractivity (Wildman–Crippen MR) is 92.8 cm³/mol. The quantitative estimate of drug-likeness (QED) is 0.844. The Hall–Kier alpha value is -2.08. The maximum absolute atomic E-state index is 13.0. The van der Waals surface area contributed by atoms with E-state index in [0.29, 0.717) is 32.8 Å². The molecule has 2 amide bonds. The third kappa shape index (κ3) is 4.06. The molecule has 1 heterocycles. The van der Waals surface area contributed by atoms with Gasteiger partial charge in [-0.05, 0) is 39.1 Å². The van der Waals surface area contributed by atoms with Crippen molar-refractivity contribution in [3.05, 3.63) is 35.4 Å². The molecule has 1 aliphatic heterocycles. The van der Waals surface area contributed by atoms with Gasteiger partial charge < -0.3 is 14.5 Å². The summed E-state index contributed by atoms with van der Waals surface area (Å²) < 4.78 is 5.02. The summed E-state index contributed by atoms with van der Waals surface area (Å²) in [5, 5.41) is 0. The number of hydrogen-bond acceptors (Lipinski definition) is 4. The number of piperazine rings is 1. The Morgan fingerprint density at radius 1 is 1.12 bits per heavy atom. The number of aryl methyl sites for hydroxylation is 1. The first-order valence-electron chi connectivity index (χ1n) is 8.38. The Bertz CT molecular complexity index is 581. The van der Waals surface area contributed by atoms with Crippen LogP contribution < -0.4 is 0 Å². The van der Waals surface area contributed by atoms with Gasteiger partial charge in [0.2, 0.25) is 5.91 Å². The SMILES string of the molecule is CCOC(=O)N1CCN(C(=O)[C@@H](c2ccccc2C)N(C)C)CC1. The second kappa shape index (κ2) is 8.15. The molecule has 132 valence electrons. The fraction of sp³-hybridized carbons (Fsp3) is 0.556. The number of hydrogen-bond donors (Lipinski definition) is 0. The van der Waals surface area contributed by atoms with E-state index in [9.17, 15) is 9.59 Å². The van der Waals surface area contributed by atoms with Crippen LogP contribution >= 0.6 is 0 Å². The molecule has 0 unspecified atom stereocenters. The zero-order valence-electron chi connectivity index (χ0n) is 15.0. The first-order chi connectivity index (χ1) is 11.5. The Balaban J connectivity index is 2.07. The van der Waals surface area contributed by atoms with E-state index in [1.165, 1.54) is 0 Å². The molecular weight excluding hydrogens is 306 g/mol. The summed E-state index contributed by atoms with van der Waals surface area (Å²) >= 11 is 0. The normalized spacial score (nSPS) is 16.2. The number of likely N-dealkylation sites (N-methyl/N-ethyl adjacent to an activating group) is 1. The van der Waals surface area contributed by atoms with Crippen LogP contribution in [0.15, 0.2) is 24.3 Å². The lowest BCUT2D eigenvalue weighted by molar-refractivity contribution is -0.138. The zero-order valence-corrected chi connectivity index (χ0v) is 15.0. The van der Waals surface area contributed by atoms with Crippen molar-refractivity contribution in [1.29, 1.82) is 0 Å². The van der Waals surface area contributed by atoms with Gasteiger partial charge in [-0.3, -0.25) is 9.69 Å². The molecule has 6 heteroatoms. The van der Waals surface area contributed by atoms with Gasteiger partial charge in [0.1, 0.15) is 6.04 Å². The molecule has 24 heavy (non-hydrogen) atoms. The maximum atomic E-state index is 13.0. The van der Waals surface area contributed by atoms with Gasteiger partial charge in [0.25, 0.3) is 0 Å². The fourth-order valence-corrected chi connectivity index (χ4v) is 3.02. The first-order valence-corrected chi connectivity index (χ1v) is 8.38. The van der Waals surface area contributed by atoms with Crippen molar-refractivity contribution in [1.82, 2.24) is 14.7 Å². The summed E-state index contributed by atoms with van der Waals surface area (Å²) in [5.74, 6) is 0.0813. The van der Waals surface area contributed by atoms with Crippen LogP contribution in [0.1, 0.15) is 24.1 Å². The van der Waals surface area contributed by atoms with E-state index in [2.05, 4.69) is 0 Å². The van der Waals surface area contributed by atoms with Crippen molar-refractivity contribution in [3.63, 3.8) is 0 Å². The summed E-state index contributed by atoms with van der Waals surface area (Å²) in [6, 6.07) is 7.67. The smallest absolute Gasteiger partial charge is 0.409 e. The van der Waals surface area contributed by atoms with E-state index >= 15 is 0 Å². The van der Waals surface area contributed by atoms with Crippen molar-refractivity contribution in [2.45, 2.75) is 19.9 Å². The molecule has 1 atom stereocenters. The van der Waals surface area contributed by atoms with Gasteiger partial charge in [-0.15, -0.1) is 0 Å². The number of benzene rings is 1. The van der Waals surface area contributed by atoms with Gasteiger partial charge in [0, 0.05) is 26.2 Å². The minimum Gasteiger partial charge on any atom is -0.450 e. The zero-order chi connectivity index (χ0) is 17.7. The lowest BCUT2D eigenvalue weighted by atomic mass is 9.99. The molecule has 0 N–H and O–H groups in total. The highest BCUT2D eigenvalue weighted by molar-refractivity contribution is 5.84. The van der Waals surface area contributed by atoms with E-state index < -0.39 is 0 Å². The van der Waals surface area contributed by atoms with Crippen molar-refractivity contribution in [3.8, 4) is 0 Å². The monoisotopic (exact) mass is 333 g/mol. The molecule has 2 rings (SSSR count). The molecule has 0 spiro atoms. The lowest BCUT2D eigenvalue weighted by Gasteiger charge is -2.37. The number of rotatable bonds is 4. The number of nitrogens with zero attached hydrogens (tertiary/aromatic N) is 3. The van der Waals surface area contributed by atoms with Crippen molar-refractivity contribution < 1.29 is 14.3 Å². The van der Waals surface area contributed by atoms with Gasteiger partial charge in [-0.2, -0.15) is 0 Å². The van der Waals surface area contributed by atoms with Crippen LogP contribution in [-0.4, -0.2) is 73.6 Å². The highest BCUT2D eigenvalue weighted by Gasteiger charge is 2.32. The molecule has 0 aromatic heterocycles. The van der Waals surface area contributed by atoms with E-state index in [-0.39, 0.29) is 18.0 Å². The number of carbonyl (C=O) groups is 2. The van der Waals surface area contributed by atoms with Crippen LogP contribution in [0.3, 0.4) is 0 Å². The molecule has 0 aliphatic carbocycles. The molecule has 1 fully saturated rings. The fourth-order valence-electron chi connectivity index (χ4n) is 3.02. The molecule has 1 aromatic rings. The van der Waals surface area contributed by atoms with E-state index in [0.717, 1.165) is 11.1 Å². The van der Waals surface area contributed by atoms with Crippen LogP contribution in [0.5, 0.6) is 0 Å². The summed E-state index contributed by atoms with van der Waals surface area (Å²) in [6.07, 6.45) is -0.298. The second-order valence-corrected chi connectivity index (χ2v) is 6.23. The first kappa shape index (κ1) is 18.3. The summed E-state index contributed by atoms with van der Waals surface area (Å²) in [4.78, 5) is 30.3. The highest BCUT2D eigenvalue weighted by Crippen LogP contribution is 2.24. The van der Waals surface area contributed by atoms with Crippen LogP contribution in [-0.2, 0) is 9.53 Å². The largest absolute Gasteiger partial charge is 0.450 e. The van der Waals surface area contributed by atoms with Gasteiger partial charge in [0.05, 0.1) is 6.61 Å². The minimum absolute atomic E-state index is 0.0813. The Kier molecular flexibility index (Phi) is 6.20. The van der Waals surface area contributed by atoms with E-state index in [1.54, 1.807) is 11.8 Å².